The van der Waals surface area contributed by atoms with Gasteiger partial charge in [-0.15, -0.1) is 11.3 Å². The molecule has 0 radical (unpaired) electrons. The maximum atomic E-state index is 12.2. The van der Waals surface area contributed by atoms with Crippen LogP contribution in [0.5, 0.6) is 0 Å². The predicted octanol–water partition coefficient (Wildman–Crippen LogP) is 3.77. The second kappa shape index (κ2) is 9.52. The number of carbonyl (C=O) groups excluding carboxylic acids is 1. The van der Waals surface area contributed by atoms with Gasteiger partial charge in [-0.3, -0.25) is 0 Å². The smallest absolute Gasteiger partial charge is 0.407 e. The highest BCUT2D eigenvalue weighted by atomic mass is 32.1. The third-order valence-electron chi connectivity index (χ3n) is 5.59. The lowest BCUT2D eigenvalue weighted by atomic mass is 9.98. The number of carboxylic acids is 1. The van der Waals surface area contributed by atoms with Gasteiger partial charge in [-0.05, 0) is 45.7 Å². The minimum Gasteiger partial charge on any atom is -0.477 e. The number of aromatic carboxylic acids is 1. The summed E-state index contributed by atoms with van der Waals surface area (Å²) in [6.07, 6.45) is -2.90. The number of carbonyl (C=O) groups is 2. The maximum Gasteiger partial charge on any atom is 0.407 e. The van der Waals surface area contributed by atoms with Crippen molar-refractivity contribution in [2.75, 3.05) is 13.2 Å². The SMILES string of the molecule is O=C(NCCC(O)C(O)c1csc(C(=O)O)c1)OCC1c2ccccc2-c2ccccc21. The van der Waals surface area contributed by atoms with Gasteiger partial charge in [-0.1, -0.05) is 48.5 Å². The first-order valence-electron chi connectivity index (χ1n) is 10.2. The van der Waals surface area contributed by atoms with Crippen molar-refractivity contribution in [1.82, 2.24) is 5.32 Å². The van der Waals surface area contributed by atoms with Gasteiger partial charge in [0.15, 0.2) is 0 Å². The Labute approximate surface area is 188 Å². The number of benzene rings is 2. The van der Waals surface area contributed by atoms with E-state index in [0.29, 0.717) is 5.56 Å². The van der Waals surface area contributed by atoms with Crippen LogP contribution in [0.25, 0.3) is 11.1 Å². The average molecular weight is 454 g/mol. The lowest BCUT2D eigenvalue weighted by molar-refractivity contribution is 0.0138. The average Bonchev–Trinajstić information content (AvgIpc) is 3.41. The van der Waals surface area contributed by atoms with Crippen molar-refractivity contribution in [2.24, 2.45) is 0 Å². The Morgan fingerprint density at radius 2 is 1.66 bits per heavy atom. The van der Waals surface area contributed by atoms with Crippen LogP contribution in [-0.2, 0) is 4.74 Å². The molecule has 2 aromatic carbocycles. The zero-order chi connectivity index (χ0) is 22.7. The number of hydrogen-bond acceptors (Lipinski definition) is 6. The molecule has 0 aliphatic heterocycles. The Kier molecular flexibility index (Phi) is 6.55. The monoisotopic (exact) mass is 453 g/mol. The van der Waals surface area contributed by atoms with Crippen LogP contribution in [-0.4, -0.2) is 46.6 Å². The second-order valence-electron chi connectivity index (χ2n) is 7.60. The van der Waals surface area contributed by atoms with Crippen LogP contribution < -0.4 is 5.32 Å². The van der Waals surface area contributed by atoms with E-state index < -0.39 is 24.3 Å². The number of nitrogens with one attached hydrogen (secondary N) is 1. The number of hydrogen-bond donors (Lipinski definition) is 4. The fourth-order valence-electron chi connectivity index (χ4n) is 3.97. The minimum absolute atomic E-state index is 0.0393. The van der Waals surface area contributed by atoms with Gasteiger partial charge in [0.1, 0.15) is 17.6 Å². The third-order valence-corrected chi connectivity index (χ3v) is 6.53. The molecule has 4 rings (SSSR count). The molecule has 3 aromatic rings. The molecule has 1 amide bonds. The Balaban J connectivity index is 1.27. The number of rotatable bonds is 8. The minimum atomic E-state index is -1.23. The summed E-state index contributed by atoms with van der Waals surface area (Å²) in [7, 11) is 0. The van der Waals surface area contributed by atoms with E-state index in [4.69, 9.17) is 9.84 Å². The van der Waals surface area contributed by atoms with Crippen molar-refractivity contribution >= 4 is 23.4 Å². The number of carboxylic acid groups (broad SMARTS) is 1. The van der Waals surface area contributed by atoms with Crippen molar-refractivity contribution in [2.45, 2.75) is 24.5 Å². The summed E-state index contributed by atoms with van der Waals surface area (Å²) in [4.78, 5) is 23.2. The van der Waals surface area contributed by atoms with Gasteiger partial charge in [0.2, 0.25) is 0 Å². The van der Waals surface area contributed by atoms with E-state index in [2.05, 4.69) is 17.4 Å². The molecule has 0 spiro atoms. The third kappa shape index (κ3) is 4.52. The van der Waals surface area contributed by atoms with E-state index >= 15 is 0 Å². The summed E-state index contributed by atoms with van der Waals surface area (Å²) in [5, 5.41) is 33.4. The molecule has 2 atom stereocenters. The zero-order valence-electron chi connectivity index (χ0n) is 17.1. The molecule has 1 aliphatic carbocycles. The number of aliphatic hydroxyl groups excluding tert-OH is 2. The largest absolute Gasteiger partial charge is 0.477 e. The van der Waals surface area contributed by atoms with Crippen LogP contribution in [0, 0.1) is 0 Å². The molecule has 32 heavy (non-hydrogen) atoms. The van der Waals surface area contributed by atoms with Crippen molar-refractivity contribution in [3.63, 3.8) is 0 Å². The van der Waals surface area contributed by atoms with Crippen LogP contribution in [0.3, 0.4) is 0 Å². The molecular formula is C24H23NO6S. The highest BCUT2D eigenvalue weighted by Gasteiger charge is 2.29. The van der Waals surface area contributed by atoms with Crippen molar-refractivity contribution in [3.8, 4) is 11.1 Å². The van der Waals surface area contributed by atoms with Gasteiger partial charge in [0, 0.05) is 12.5 Å². The number of fused-ring (bicyclic) bond motifs is 3. The van der Waals surface area contributed by atoms with Crippen LogP contribution in [0.4, 0.5) is 4.79 Å². The van der Waals surface area contributed by atoms with Gasteiger partial charge in [0.25, 0.3) is 0 Å². The molecule has 0 saturated carbocycles. The van der Waals surface area contributed by atoms with Crippen LogP contribution in [0.15, 0.2) is 60.0 Å². The van der Waals surface area contributed by atoms with E-state index in [1.807, 2.05) is 36.4 Å². The van der Waals surface area contributed by atoms with E-state index in [9.17, 15) is 19.8 Å². The Morgan fingerprint density at radius 1 is 1.03 bits per heavy atom. The van der Waals surface area contributed by atoms with Crippen molar-refractivity contribution < 1.29 is 29.6 Å². The van der Waals surface area contributed by atoms with Gasteiger partial charge in [0.05, 0.1) is 6.10 Å². The summed E-state index contributed by atoms with van der Waals surface area (Å²) in [6, 6.07) is 17.5. The zero-order valence-corrected chi connectivity index (χ0v) is 17.9. The lowest BCUT2D eigenvalue weighted by Gasteiger charge is -2.18. The van der Waals surface area contributed by atoms with E-state index in [-0.39, 0.29) is 30.4 Å². The lowest BCUT2D eigenvalue weighted by Crippen LogP contribution is -2.30. The number of alkyl carbamates (subject to hydrolysis) is 1. The predicted molar refractivity (Wildman–Crippen MR) is 120 cm³/mol. The van der Waals surface area contributed by atoms with Gasteiger partial charge in [-0.2, -0.15) is 0 Å². The Bertz CT molecular complexity index is 1080. The quantitative estimate of drug-likeness (QED) is 0.413. The van der Waals surface area contributed by atoms with Crippen LogP contribution in [0.1, 0.15) is 44.8 Å². The van der Waals surface area contributed by atoms with Crippen LogP contribution in [0.2, 0.25) is 0 Å². The Morgan fingerprint density at radius 3 is 2.25 bits per heavy atom. The van der Waals surface area contributed by atoms with Crippen molar-refractivity contribution in [3.05, 3.63) is 81.5 Å². The molecular weight excluding hydrogens is 430 g/mol. The first kappa shape index (κ1) is 22.0. The standard InChI is InChI=1S/C24H23NO6S/c26-20(22(27)14-11-21(23(28)29)32-13-14)9-10-25-24(30)31-12-19-17-7-3-1-5-15(17)16-6-2-4-8-18(16)19/h1-8,11,13,19-20,22,26-27H,9-10,12H2,(H,25,30)(H,28,29). The number of amides is 1. The van der Waals surface area contributed by atoms with Crippen molar-refractivity contribution in [1.29, 1.82) is 0 Å². The molecule has 4 N–H and O–H groups in total. The topological polar surface area (TPSA) is 116 Å². The Hall–Kier alpha value is -3.20. The second-order valence-corrected chi connectivity index (χ2v) is 8.51. The van der Waals surface area contributed by atoms with Gasteiger partial charge in [-0.25, -0.2) is 9.59 Å². The fourth-order valence-corrected chi connectivity index (χ4v) is 4.75. The molecule has 0 bridgehead atoms. The molecule has 7 nitrogen and oxygen atoms in total. The highest BCUT2D eigenvalue weighted by Crippen LogP contribution is 2.44. The summed E-state index contributed by atoms with van der Waals surface area (Å²) in [6.45, 7) is 0.294. The van der Waals surface area contributed by atoms with Gasteiger partial charge >= 0.3 is 12.1 Å². The van der Waals surface area contributed by atoms with E-state index in [1.165, 1.54) is 11.4 Å². The number of ether oxygens (including phenoxy) is 1. The molecule has 2 unspecified atom stereocenters. The fraction of sp³-hybridized carbons (Fsp3) is 0.250. The summed E-state index contributed by atoms with van der Waals surface area (Å²) < 4.78 is 5.44. The normalized spacial score (nSPS) is 14.3. The van der Waals surface area contributed by atoms with E-state index in [0.717, 1.165) is 33.6 Å². The molecule has 1 heterocycles. The number of thiophene rings is 1. The molecule has 1 aromatic heterocycles. The summed E-state index contributed by atoms with van der Waals surface area (Å²) in [5.74, 6) is -1.12. The number of aliphatic hydroxyl groups is 2. The van der Waals surface area contributed by atoms with Gasteiger partial charge < -0.3 is 25.4 Å². The molecule has 0 saturated heterocycles. The molecule has 8 heteroatoms. The highest BCUT2D eigenvalue weighted by molar-refractivity contribution is 7.12. The summed E-state index contributed by atoms with van der Waals surface area (Å²) in [5.41, 5.74) is 4.87. The van der Waals surface area contributed by atoms with Crippen LogP contribution >= 0.6 is 11.3 Å². The molecule has 0 fully saturated rings. The first-order valence-corrected chi connectivity index (χ1v) is 11.1. The maximum absolute atomic E-state index is 12.2. The molecule has 1 aliphatic rings. The molecule has 166 valence electrons. The summed E-state index contributed by atoms with van der Waals surface area (Å²) >= 11 is 0.981. The first-order chi connectivity index (χ1) is 15.5. The van der Waals surface area contributed by atoms with E-state index in [1.54, 1.807) is 0 Å².